The third-order valence-electron chi connectivity index (χ3n) is 4.21. The number of rotatable bonds is 6. The van der Waals surface area contributed by atoms with Crippen LogP contribution in [0, 0.1) is 16.0 Å². The van der Waals surface area contributed by atoms with Crippen molar-refractivity contribution in [2.45, 2.75) is 52.7 Å². The molecule has 1 aromatic rings. The van der Waals surface area contributed by atoms with Crippen molar-refractivity contribution in [3.05, 3.63) is 33.9 Å². The summed E-state index contributed by atoms with van der Waals surface area (Å²) in [6, 6.07) is 4.89. The van der Waals surface area contributed by atoms with Crippen molar-refractivity contribution < 1.29 is 10.0 Å². The first-order valence-corrected chi connectivity index (χ1v) is 9.63. The Morgan fingerprint density at radius 3 is 2.56 bits per heavy atom. The molecule has 2 atom stereocenters. The first kappa shape index (κ1) is 19.7. The molecule has 2 rings (SSSR count). The molecule has 1 aromatic carbocycles. The first-order chi connectivity index (χ1) is 11.7. The third kappa shape index (κ3) is 4.73. The van der Waals surface area contributed by atoms with Crippen molar-refractivity contribution in [3.8, 4) is 0 Å². The Hall–Kier alpha value is -1.60. The zero-order chi connectivity index (χ0) is 18.7. The maximum Gasteiger partial charge on any atom is 0.269 e. The van der Waals surface area contributed by atoms with Crippen LogP contribution in [0.3, 0.4) is 0 Å². The molecule has 1 heterocycles. The summed E-state index contributed by atoms with van der Waals surface area (Å²) in [4.78, 5) is 17.7. The van der Waals surface area contributed by atoms with Crippen molar-refractivity contribution >= 4 is 28.3 Å². The van der Waals surface area contributed by atoms with Gasteiger partial charge >= 0.3 is 0 Å². The number of hydrogen-bond donors (Lipinski definition) is 1. The standard InChI is InChI=1S/C18H27N3O3S/c1-11(2)9-20-17(13(5)22)10-25-18(20)19-16-7-6-14(21(23)24)8-15(16)12(3)4/h6-8,11-13,17,22H,9-10H2,1-5H3/t13?,17-/m1/s1. The highest BCUT2D eigenvalue weighted by Crippen LogP contribution is 2.34. The lowest BCUT2D eigenvalue weighted by molar-refractivity contribution is -0.384. The van der Waals surface area contributed by atoms with Crippen molar-refractivity contribution in [3.63, 3.8) is 0 Å². The summed E-state index contributed by atoms with van der Waals surface area (Å²) in [5.74, 6) is 1.39. The molecule has 6 nitrogen and oxygen atoms in total. The number of aliphatic imine (C=N–C) groups is 1. The normalized spacial score (nSPS) is 20.7. The van der Waals surface area contributed by atoms with Crippen LogP contribution in [0.2, 0.25) is 0 Å². The van der Waals surface area contributed by atoms with E-state index in [9.17, 15) is 15.2 Å². The van der Waals surface area contributed by atoms with Crippen LogP contribution in [0.25, 0.3) is 0 Å². The molecule has 0 radical (unpaired) electrons. The SMILES string of the molecule is CC(C)CN1C(=Nc2ccc([N+](=O)[O-])cc2C(C)C)SC[C@@H]1C(C)O. The van der Waals surface area contributed by atoms with Gasteiger partial charge in [0.05, 0.1) is 22.8 Å². The second-order valence-corrected chi connectivity index (χ2v) is 8.20. The third-order valence-corrected chi connectivity index (χ3v) is 5.30. The lowest BCUT2D eigenvalue weighted by atomic mass is 10.0. The predicted octanol–water partition coefficient (Wildman–Crippen LogP) is 4.16. The monoisotopic (exact) mass is 365 g/mol. The lowest BCUT2D eigenvalue weighted by Gasteiger charge is -2.29. The summed E-state index contributed by atoms with van der Waals surface area (Å²) < 4.78 is 0. The zero-order valence-corrected chi connectivity index (χ0v) is 16.3. The van der Waals surface area contributed by atoms with E-state index in [2.05, 4.69) is 18.7 Å². The lowest BCUT2D eigenvalue weighted by Crippen LogP contribution is -2.43. The average molecular weight is 365 g/mol. The molecular formula is C18H27N3O3S. The molecule has 138 valence electrons. The van der Waals surface area contributed by atoms with Crippen LogP contribution >= 0.6 is 11.8 Å². The first-order valence-electron chi connectivity index (χ1n) is 8.65. The van der Waals surface area contributed by atoms with Gasteiger partial charge in [0, 0.05) is 24.4 Å². The number of aliphatic hydroxyl groups excluding tert-OH is 1. The van der Waals surface area contributed by atoms with E-state index in [4.69, 9.17) is 4.99 Å². The minimum absolute atomic E-state index is 0.0479. The van der Waals surface area contributed by atoms with Crippen molar-refractivity contribution in [1.82, 2.24) is 4.90 Å². The second kappa shape index (κ2) is 8.19. The predicted molar refractivity (Wildman–Crippen MR) is 104 cm³/mol. The van der Waals surface area contributed by atoms with E-state index in [-0.39, 0.29) is 22.6 Å². The molecule has 1 unspecified atom stereocenters. The second-order valence-electron chi connectivity index (χ2n) is 7.21. The van der Waals surface area contributed by atoms with Crippen LogP contribution in [-0.2, 0) is 0 Å². The summed E-state index contributed by atoms with van der Waals surface area (Å²) in [6.45, 7) is 10.9. The van der Waals surface area contributed by atoms with Gasteiger partial charge in [0.15, 0.2) is 5.17 Å². The Balaban J connectivity index is 2.42. The highest BCUT2D eigenvalue weighted by molar-refractivity contribution is 8.14. The van der Waals surface area contributed by atoms with Crippen LogP contribution in [0.5, 0.6) is 0 Å². The minimum Gasteiger partial charge on any atom is -0.391 e. The van der Waals surface area contributed by atoms with Crippen LogP contribution in [0.15, 0.2) is 23.2 Å². The van der Waals surface area contributed by atoms with Gasteiger partial charge in [-0.15, -0.1) is 0 Å². The van der Waals surface area contributed by atoms with E-state index in [1.807, 2.05) is 20.8 Å². The molecule has 0 spiro atoms. The van der Waals surface area contributed by atoms with Crippen LogP contribution in [-0.4, -0.2) is 44.5 Å². The Morgan fingerprint density at radius 1 is 1.36 bits per heavy atom. The van der Waals surface area contributed by atoms with E-state index in [0.29, 0.717) is 5.92 Å². The van der Waals surface area contributed by atoms with Gasteiger partial charge in [0.1, 0.15) is 0 Å². The number of nitro groups is 1. The smallest absolute Gasteiger partial charge is 0.269 e. The molecule has 1 aliphatic heterocycles. The fourth-order valence-corrected chi connectivity index (χ4v) is 4.22. The van der Waals surface area contributed by atoms with Crippen LogP contribution < -0.4 is 0 Å². The number of non-ortho nitro benzene ring substituents is 1. The maximum atomic E-state index is 11.1. The highest BCUT2D eigenvalue weighted by Gasteiger charge is 2.33. The number of hydrogen-bond acceptors (Lipinski definition) is 5. The Morgan fingerprint density at radius 2 is 2.04 bits per heavy atom. The summed E-state index contributed by atoms with van der Waals surface area (Å²) in [6.07, 6.45) is -0.430. The number of nitrogens with zero attached hydrogens (tertiary/aromatic N) is 3. The van der Waals surface area contributed by atoms with Crippen molar-refractivity contribution in [2.24, 2.45) is 10.9 Å². The van der Waals surface area contributed by atoms with Gasteiger partial charge in [-0.1, -0.05) is 39.5 Å². The topological polar surface area (TPSA) is 79.0 Å². The molecule has 1 aliphatic rings. The minimum atomic E-state index is -0.430. The van der Waals surface area contributed by atoms with E-state index in [1.165, 1.54) is 6.07 Å². The molecule has 1 fully saturated rings. The zero-order valence-electron chi connectivity index (χ0n) is 15.5. The Kier molecular flexibility index (Phi) is 6.46. The molecule has 7 heteroatoms. The molecule has 0 aromatic heterocycles. The molecular weight excluding hydrogens is 338 g/mol. The summed E-state index contributed by atoms with van der Waals surface area (Å²) in [5.41, 5.74) is 1.73. The van der Waals surface area contributed by atoms with E-state index < -0.39 is 6.10 Å². The molecule has 0 saturated carbocycles. The average Bonchev–Trinajstić information content (AvgIpc) is 2.89. The fourth-order valence-electron chi connectivity index (χ4n) is 2.90. The summed E-state index contributed by atoms with van der Waals surface area (Å²) in [5, 5.41) is 22.0. The highest BCUT2D eigenvalue weighted by atomic mass is 32.2. The van der Waals surface area contributed by atoms with E-state index in [1.54, 1.807) is 23.9 Å². The largest absolute Gasteiger partial charge is 0.391 e. The van der Waals surface area contributed by atoms with Gasteiger partial charge in [0.2, 0.25) is 0 Å². The van der Waals surface area contributed by atoms with Gasteiger partial charge in [-0.2, -0.15) is 0 Å². The van der Waals surface area contributed by atoms with E-state index >= 15 is 0 Å². The van der Waals surface area contributed by atoms with Crippen molar-refractivity contribution in [1.29, 1.82) is 0 Å². The van der Waals surface area contributed by atoms with Crippen molar-refractivity contribution in [2.75, 3.05) is 12.3 Å². The van der Waals surface area contributed by atoms with E-state index in [0.717, 1.165) is 28.7 Å². The number of amidine groups is 1. The molecule has 0 amide bonds. The Labute approximate surface area is 153 Å². The molecule has 1 saturated heterocycles. The number of nitro benzene ring substituents is 1. The van der Waals surface area contributed by atoms with Gasteiger partial charge in [-0.05, 0) is 30.4 Å². The quantitative estimate of drug-likeness (QED) is 0.605. The maximum absolute atomic E-state index is 11.1. The molecule has 0 aliphatic carbocycles. The van der Waals surface area contributed by atoms with Crippen LogP contribution in [0.1, 0.15) is 46.1 Å². The number of aliphatic hydroxyl groups is 1. The fraction of sp³-hybridized carbons (Fsp3) is 0.611. The summed E-state index contributed by atoms with van der Waals surface area (Å²) >= 11 is 1.64. The van der Waals surface area contributed by atoms with Gasteiger partial charge in [-0.25, -0.2) is 4.99 Å². The number of benzene rings is 1. The van der Waals surface area contributed by atoms with Crippen LogP contribution in [0.4, 0.5) is 11.4 Å². The van der Waals surface area contributed by atoms with Gasteiger partial charge in [-0.3, -0.25) is 10.1 Å². The summed E-state index contributed by atoms with van der Waals surface area (Å²) in [7, 11) is 0. The molecule has 1 N–H and O–H groups in total. The number of thioether (sulfide) groups is 1. The van der Waals surface area contributed by atoms with Gasteiger partial charge < -0.3 is 10.0 Å². The Bertz CT molecular complexity index is 659. The molecule has 0 bridgehead atoms. The molecule has 25 heavy (non-hydrogen) atoms. The van der Waals surface area contributed by atoms with Gasteiger partial charge in [0.25, 0.3) is 5.69 Å².